The van der Waals surface area contributed by atoms with E-state index < -0.39 is 6.04 Å². The van der Waals surface area contributed by atoms with Gasteiger partial charge in [0.2, 0.25) is 5.91 Å². The van der Waals surface area contributed by atoms with Crippen molar-refractivity contribution in [2.45, 2.75) is 19.1 Å². The van der Waals surface area contributed by atoms with Gasteiger partial charge >= 0.3 is 0 Å². The summed E-state index contributed by atoms with van der Waals surface area (Å²) in [5.41, 5.74) is 5.42. The van der Waals surface area contributed by atoms with Gasteiger partial charge in [0.25, 0.3) is 0 Å². The third-order valence-corrected chi connectivity index (χ3v) is 2.26. The molecule has 0 spiro atoms. The molecule has 0 saturated carbocycles. The number of carbonyl (C=O) groups excluding carboxylic acids is 1. The van der Waals surface area contributed by atoms with Crippen LogP contribution >= 0.6 is 0 Å². The third kappa shape index (κ3) is 3.61. The fourth-order valence-electron chi connectivity index (χ4n) is 1.37. The first-order valence-electron chi connectivity index (χ1n) is 4.93. The van der Waals surface area contributed by atoms with Crippen molar-refractivity contribution in [1.29, 1.82) is 0 Å². The molecule has 3 N–H and O–H groups in total. The Balaban J connectivity index is 2.20. The minimum absolute atomic E-state index is 0.0939. The fraction of sp³-hybridized carbons (Fsp3) is 0.889. The summed E-state index contributed by atoms with van der Waals surface area (Å²) in [6.07, 6.45) is 0.0939. The van der Waals surface area contributed by atoms with Crippen molar-refractivity contribution in [2.24, 2.45) is 5.73 Å². The smallest absolute Gasteiger partial charge is 0.236 e. The summed E-state index contributed by atoms with van der Waals surface area (Å²) in [6.45, 7) is 4.76. The van der Waals surface area contributed by atoms with E-state index in [4.69, 9.17) is 10.5 Å². The predicted molar refractivity (Wildman–Crippen MR) is 53.9 cm³/mol. The molecule has 0 aromatic rings. The Morgan fingerprint density at radius 1 is 1.79 bits per heavy atom. The van der Waals surface area contributed by atoms with E-state index in [1.807, 2.05) is 7.05 Å². The lowest BCUT2D eigenvalue weighted by Gasteiger charge is -2.30. The molecule has 5 nitrogen and oxygen atoms in total. The minimum Gasteiger partial charge on any atom is -0.374 e. The number of likely N-dealkylation sites (N-methyl/N-ethyl adjacent to an activating group) is 1. The zero-order valence-electron chi connectivity index (χ0n) is 8.82. The Morgan fingerprint density at radius 3 is 3.07 bits per heavy atom. The van der Waals surface area contributed by atoms with Crippen molar-refractivity contribution >= 4 is 5.91 Å². The van der Waals surface area contributed by atoms with E-state index in [9.17, 15) is 4.79 Å². The van der Waals surface area contributed by atoms with Crippen LogP contribution in [0.4, 0.5) is 0 Å². The van der Waals surface area contributed by atoms with E-state index >= 15 is 0 Å². The molecular formula is C9H19N3O2. The lowest BCUT2D eigenvalue weighted by Crippen LogP contribution is -2.48. The second-order valence-electron chi connectivity index (χ2n) is 3.79. The summed E-state index contributed by atoms with van der Waals surface area (Å²) in [5.74, 6) is -0.123. The number of rotatable bonds is 3. The number of nitrogens with one attached hydrogen (secondary N) is 1. The first kappa shape index (κ1) is 11.4. The Morgan fingerprint density at radius 2 is 2.50 bits per heavy atom. The number of nitrogens with zero attached hydrogens (tertiary/aromatic N) is 1. The van der Waals surface area contributed by atoms with Crippen LogP contribution in [-0.2, 0) is 9.53 Å². The molecular weight excluding hydrogens is 182 g/mol. The van der Waals surface area contributed by atoms with Crippen molar-refractivity contribution in [2.75, 3.05) is 33.3 Å². The largest absolute Gasteiger partial charge is 0.374 e. The quantitative estimate of drug-likeness (QED) is 0.600. The van der Waals surface area contributed by atoms with Crippen molar-refractivity contribution in [3.63, 3.8) is 0 Å². The molecule has 2 atom stereocenters. The van der Waals surface area contributed by atoms with Crippen LogP contribution in [0.5, 0.6) is 0 Å². The van der Waals surface area contributed by atoms with Gasteiger partial charge < -0.3 is 20.7 Å². The lowest BCUT2D eigenvalue weighted by molar-refractivity contribution is -0.123. The molecule has 1 fully saturated rings. The van der Waals surface area contributed by atoms with Crippen molar-refractivity contribution in [3.8, 4) is 0 Å². The molecule has 0 aliphatic carbocycles. The summed E-state index contributed by atoms with van der Waals surface area (Å²) in [5, 5.41) is 2.76. The first-order chi connectivity index (χ1) is 6.59. The average molecular weight is 201 g/mol. The van der Waals surface area contributed by atoms with Crippen molar-refractivity contribution in [3.05, 3.63) is 0 Å². The zero-order chi connectivity index (χ0) is 10.6. The van der Waals surface area contributed by atoms with Crippen LogP contribution in [0.1, 0.15) is 6.92 Å². The van der Waals surface area contributed by atoms with Crippen LogP contribution < -0.4 is 11.1 Å². The molecule has 82 valence electrons. The van der Waals surface area contributed by atoms with Crippen LogP contribution in [0.25, 0.3) is 0 Å². The Labute approximate surface area is 84.6 Å². The first-order valence-corrected chi connectivity index (χ1v) is 4.93. The molecule has 14 heavy (non-hydrogen) atoms. The summed E-state index contributed by atoms with van der Waals surface area (Å²) < 4.78 is 5.48. The van der Waals surface area contributed by atoms with Gasteiger partial charge in [0.1, 0.15) is 0 Å². The van der Waals surface area contributed by atoms with E-state index in [0.717, 1.165) is 19.7 Å². The maximum atomic E-state index is 11.2. The molecule has 1 saturated heterocycles. The van der Waals surface area contributed by atoms with E-state index in [2.05, 4.69) is 10.2 Å². The summed E-state index contributed by atoms with van der Waals surface area (Å²) in [4.78, 5) is 13.3. The SMILES string of the molecule is CC(N)C(=O)NCC1CN(C)CCO1. The van der Waals surface area contributed by atoms with Crippen LogP contribution in [0.3, 0.4) is 0 Å². The van der Waals surface area contributed by atoms with Gasteiger partial charge in [0, 0.05) is 19.6 Å². The Bertz CT molecular complexity index is 196. The molecule has 1 heterocycles. The standard InChI is InChI=1S/C9H19N3O2/c1-7(10)9(13)11-5-8-6-12(2)3-4-14-8/h7-8H,3-6,10H2,1-2H3,(H,11,13). The number of morpholine rings is 1. The lowest BCUT2D eigenvalue weighted by atomic mass is 10.2. The van der Waals surface area contributed by atoms with E-state index in [-0.39, 0.29) is 12.0 Å². The normalized spacial score (nSPS) is 25.8. The number of amides is 1. The number of hydrogen-bond donors (Lipinski definition) is 2. The highest BCUT2D eigenvalue weighted by Gasteiger charge is 2.18. The van der Waals surface area contributed by atoms with Crippen LogP contribution in [-0.4, -0.2) is 56.2 Å². The van der Waals surface area contributed by atoms with E-state index in [0.29, 0.717) is 6.54 Å². The van der Waals surface area contributed by atoms with Gasteiger partial charge in [-0.25, -0.2) is 0 Å². The van der Waals surface area contributed by atoms with Gasteiger partial charge in [-0.15, -0.1) is 0 Å². The van der Waals surface area contributed by atoms with Crippen molar-refractivity contribution in [1.82, 2.24) is 10.2 Å². The molecule has 0 aromatic carbocycles. The molecule has 0 aromatic heterocycles. The second kappa shape index (κ2) is 5.29. The molecule has 0 radical (unpaired) electrons. The molecule has 1 aliphatic rings. The predicted octanol–water partition coefficient (Wildman–Crippen LogP) is -1.22. The Kier molecular flexibility index (Phi) is 4.31. The van der Waals surface area contributed by atoms with Gasteiger partial charge in [-0.3, -0.25) is 4.79 Å². The number of carbonyl (C=O) groups is 1. The van der Waals surface area contributed by atoms with Crippen molar-refractivity contribution < 1.29 is 9.53 Å². The second-order valence-corrected chi connectivity index (χ2v) is 3.79. The number of nitrogens with two attached hydrogens (primary N) is 1. The maximum Gasteiger partial charge on any atom is 0.236 e. The molecule has 1 amide bonds. The number of hydrogen-bond acceptors (Lipinski definition) is 4. The van der Waals surface area contributed by atoms with Gasteiger partial charge in [0.05, 0.1) is 18.8 Å². The molecule has 1 rings (SSSR count). The fourth-order valence-corrected chi connectivity index (χ4v) is 1.37. The monoisotopic (exact) mass is 201 g/mol. The van der Waals surface area contributed by atoms with Gasteiger partial charge in [-0.1, -0.05) is 0 Å². The highest BCUT2D eigenvalue weighted by Crippen LogP contribution is 2.01. The van der Waals surface area contributed by atoms with Crippen LogP contribution in [0, 0.1) is 0 Å². The molecule has 0 bridgehead atoms. The summed E-state index contributed by atoms with van der Waals surface area (Å²) in [7, 11) is 2.04. The average Bonchev–Trinajstić information content (AvgIpc) is 2.14. The highest BCUT2D eigenvalue weighted by molar-refractivity contribution is 5.80. The van der Waals surface area contributed by atoms with Gasteiger partial charge in [-0.05, 0) is 14.0 Å². The Hall–Kier alpha value is -0.650. The van der Waals surface area contributed by atoms with Crippen LogP contribution in [0.2, 0.25) is 0 Å². The summed E-state index contributed by atoms with van der Waals surface area (Å²) >= 11 is 0. The van der Waals surface area contributed by atoms with E-state index in [1.165, 1.54) is 0 Å². The zero-order valence-corrected chi connectivity index (χ0v) is 8.82. The van der Waals surface area contributed by atoms with Crippen LogP contribution in [0.15, 0.2) is 0 Å². The van der Waals surface area contributed by atoms with E-state index in [1.54, 1.807) is 6.92 Å². The molecule has 5 heteroatoms. The summed E-state index contributed by atoms with van der Waals surface area (Å²) in [6, 6.07) is -0.448. The topological polar surface area (TPSA) is 67.6 Å². The third-order valence-electron chi connectivity index (χ3n) is 2.26. The molecule has 2 unspecified atom stereocenters. The molecule has 1 aliphatic heterocycles. The highest BCUT2D eigenvalue weighted by atomic mass is 16.5. The van der Waals surface area contributed by atoms with Gasteiger partial charge in [0.15, 0.2) is 0 Å². The number of ether oxygens (including phenoxy) is 1. The maximum absolute atomic E-state index is 11.2. The minimum atomic E-state index is -0.448. The van der Waals surface area contributed by atoms with Gasteiger partial charge in [-0.2, -0.15) is 0 Å².